The first kappa shape index (κ1) is 14.9. The van der Waals surface area contributed by atoms with E-state index in [1.54, 1.807) is 0 Å². The van der Waals surface area contributed by atoms with Gasteiger partial charge in [-0.3, -0.25) is 4.79 Å². The maximum absolute atomic E-state index is 11.3. The average Bonchev–Trinajstić information content (AvgIpc) is 2.36. The fourth-order valence-corrected chi connectivity index (χ4v) is 1.48. The Labute approximate surface area is 109 Å². The van der Waals surface area contributed by atoms with Gasteiger partial charge in [-0.05, 0) is 6.07 Å². The van der Waals surface area contributed by atoms with Gasteiger partial charge in [0.05, 0.1) is 25.2 Å². The molecular weight excluding hydrogens is 254 g/mol. The van der Waals surface area contributed by atoms with Crippen molar-refractivity contribution in [2.45, 2.75) is 18.6 Å². The SMILES string of the molecule is COC(=O)c1cnc(N)c(C(O)C(O)CC(N)=O)c1. The maximum atomic E-state index is 11.3. The zero-order valence-electron chi connectivity index (χ0n) is 10.2. The lowest BCUT2D eigenvalue weighted by molar-refractivity contribution is -0.121. The molecule has 104 valence electrons. The number of nitrogen functional groups attached to an aromatic ring is 1. The molecule has 1 rings (SSSR count). The Morgan fingerprint density at radius 2 is 2.11 bits per heavy atom. The molecule has 2 unspecified atom stereocenters. The van der Waals surface area contributed by atoms with Gasteiger partial charge in [0, 0.05) is 11.8 Å². The minimum absolute atomic E-state index is 0.0247. The van der Waals surface area contributed by atoms with Crippen molar-refractivity contribution in [1.29, 1.82) is 0 Å². The lowest BCUT2D eigenvalue weighted by atomic mass is 10.0. The van der Waals surface area contributed by atoms with Gasteiger partial charge < -0.3 is 26.4 Å². The van der Waals surface area contributed by atoms with E-state index in [-0.39, 0.29) is 16.9 Å². The van der Waals surface area contributed by atoms with Crippen molar-refractivity contribution in [2.24, 2.45) is 5.73 Å². The zero-order valence-corrected chi connectivity index (χ0v) is 10.2. The van der Waals surface area contributed by atoms with Crippen LogP contribution >= 0.6 is 0 Å². The summed E-state index contributed by atoms with van der Waals surface area (Å²) in [6.07, 6.45) is -2.18. The van der Waals surface area contributed by atoms with E-state index in [4.69, 9.17) is 11.5 Å². The van der Waals surface area contributed by atoms with E-state index in [1.807, 2.05) is 0 Å². The summed E-state index contributed by atoms with van der Waals surface area (Å²) in [4.78, 5) is 25.7. The van der Waals surface area contributed by atoms with Crippen LogP contribution in [0.3, 0.4) is 0 Å². The molecule has 1 heterocycles. The van der Waals surface area contributed by atoms with Crippen LogP contribution in [0.25, 0.3) is 0 Å². The number of nitrogens with two attached hydrogens (primary N) is 2. The quantitative estimate of drug-likeness (QED) is 0.486. The number of aliphatic hydroxyl groups excluding tert-OH is 2. The van der Waals surface area contributed by atoms with Crippen LogP contribution in [0, 0.1) is 0 Å². The second-order valence-corrected chi connectivity index (χ2v) is 3.87. The molecule has 1 aromatic rings. The molecule has 0 fully saturated rings. The maximum Gasteiger partial charge on any atom is 0.339 e. The summed E-state index contributed by atoms with van der Waals surface area (Å²) >= 11 is 0. The van der Waals surface area contributed by atoms with Crippen molar-refractivity contribution < 1.29 is 24.5 Å². The Hall–Kier alpha value is -2.19. The van der Waals surface area contributed by atoms with Gasteiger partial charge in [0.1, 0.15) is 11.9 Å². The van der Waals surface area contributed by atoms with Gasteiger partial charge in [0.2, 0.25) is 5.91 Å². The number of carbonyl (C=O) groups is 2. The van der Waals surface area contributed by atoms with Crippen LogP contribution in [0.2, 0.25) is 0 Å². The number of pyridine rings is 1. The molecule has 0 aliphatic carbocycles. The Morgan fingerprint density at radius 3 is 2.63 bits per heavy atom. The van der Waals surface area contributed by atoms with Crippen molar-refractivity contribution in [3.05, 3.63) is 23.4 Å². The summed E-state index contributed by atoms with van der Waals surface area (Å²) in [5, 5.41) is 19.5. The van der Waals surface area contributed by atoms with Gasteiger partial charge in [-0.25, -0.2) is 9.78 Å². The molecule has 0 bridgehead atoms. The first-order chi connectivity index (χ1) is 8.86. The molecule has 2 atom stereocenters. The number of amides is 1. The number of nitrogens with zero attached hydrogens (tertiary/aromatic N) is 1. The van der Waals surface area contributed by atoms with E-state index in [2.05, 4.69) is 9.72 Å². The van der Waals surface area contributed by atoms with Crippen LogP contribution in [-0.4, -0.2) is 40.3 Å². The molecule has 0 radical (unpaired) electrons. The van der Waals surface area contributed by atoms with Gasteiger partial charge in [0.25, 0.3) is 0 Å². The van der Waals surface area contributed by atoms with Gasteiger partial charge in [-0.2, -0.15) is 0 Å². The lowest BCUT2D eigenvalue weighted by Gasteiger charge is -2.18. The molecular formula is C11H15N3O5. The summed E-state index contributed by atoms with van der Waals surface area (Å²) < 4.78 is 4.50. The normalized spacial score (nSPS) is 13.6. The molecule has 0 saturated heterocycles. The van der Waals surface area contributed by atoms with Crippen molar-refractivity contribution in [3.8, 4) is 0 Å². The number of ether oxygens (including phenoxy) is 1. The topological polar surface area (TPSA) is 149 Å². The third-order valence-electron chi connectivity index (χ3n) is 2.46. The van der Waals surface area contributed by atoms with Gasteiger partial charge in [-0.15, -0.1) is 0 Å². The highest BCUT2D eigenvalue weighted by Gasteiger charge is 2.24. The highest BCUT2D eigenvalue weighted by Crippen LogP contribution is 2.24. The van der Waals surface area contributed by atoms with Crippen LogP contribution in [0.15, 0.2) is 12.3 Å². The van der Waals surface area contributed by atoms with E-state index in [0.29, 0.717) is 0 Å². The number of hydrogen-bond donors (Lipinski definition) is 4. The first-order valence-corrected chi connectivity index (χ1v) is 5.35. The number of aliphatic hydroxyl groups is 2. The molecule has 8 nitrogen and oxygen atoms in total. The van der Waals surface area contributed by atoms with Crippen LogP contribution in [0.4, 0.5) is 5.82 Å². The summed E-state index contributed by atoms with van der Waals surface area (Å²) in [7, 11) is 1.19. The van der Waals surface area contributed by atoms with Gasteiger partial charge in [0.15, 0.2) is 0 Å². The minimum atomic E-state index is -1.48. The molecule has 0 aliphatic heterocycles. The Morgan fingerprint density at radius 1 is 1.47 bits per heavy atom. The van der Waals surface area contributed by atoms with E-state index >= 15 is 0 Å². The van der Waals surface area contributed by atoms with Crippen molar-refractivity contribution in [2.75, 3.05) is 12.8 Å². The molecule has 0 spiro atoms. The van der Waals surface area contributed by atoms with Gasteiger partial charge >= 0.3 is 5.97 Å². The van der Waals surface area contributed by atoms with E-state index < -0.39 is 30.5 Å². The lowest BCUT2D eigenvalue weighted by Crippen LogP contribution is -2.26. The largest absolute Gasteiger partial charge is 0.465 e. The average molecular weight is 269 g/mol. The number of esters is 1. The molecule has 0 aromatic carbocycles. The van der Waals surface area contributed by atoms with E-state index in [9.17, 15) is 19.8 Å². The second kappa shape index (κ2) is 6.12. The van der Waals surface area contributed by atoms with Crippen molar-refractivity contribution >= 4 is 17.7 Å². The van der Waals surface area contributed by atoms with Crippen molar-refractivity contribution in [1.82, 2.24) is 4.98 Å². The molecule has 0 saturated carbocycles. The summed E-state index contributed by atoms with van der Waals surface area (Å²) in [5.74, 6) is -1.50. The highest BCUT2D eigenvalue weighted by atomic mass is 16.5. The molecule has 0 aliphatic rings. The molecule has 1 amide bonds. The smallest absolute Gasteiger partial charge is 0.339 e. The number of methoxy groups -OCH3 is 1. The standard InChI is InChI=1S/C11H15N3O5/c1-19-11(18)5-2-6(10(13)14-4-5)9(17)7(15)3-8(12)16/h2,4,7,9,15,17H,3H2,1H3,(H2,12,16)(H2,13,14). The number of aromatic nitrogens is 1. The number of primary amides is 1. The summed E-state index contributed by atoms with van der Waals surface area (Å²) in [6, 6.07) is 1.24. The third kappa shape index (κ3) is 3.63. The summed E-state index contributed by atoms with van der Waals surface area (Å²) in [6.45, 7) is 0. The Kier molecular flexibility index (Phi) is 4.79. The van der Waals surface area contributed by atoms with Crippen LogP contribution in [0.5, 0.6) is 0 Å². The third-order valence-corrected chi connectivity index (χ3v) is 2.46. The molecule has 19 heavy (non-hydrogen) atoms. The predicted molar refractivity (Wildman–Crippen MR) is 64.8 cm³/mol. The van der Waals surface area contributed by atoms with E-state index in [0.717, 1.165) is 0 Å². The fourth-order valence-electron chi connectivity index (χ4n) is 1.48. The number of carbonyl (C=O) groups excluding carboxylic acids is 2. The summed E-state index contributed by atoms with van der Waals surface area (Å²) in [5.41, 5.74) is 10.6. The number of anilines is 1. The predicted octanol–water partition coefficient (Wildman–Crippen LogP) is -1.28. The Bertz CT molecular complexity index is 491. The Balaban J connectivity index is 3.04. The first-order valence-electron chi connectivity index (χ1n) is 5.35. The van der Waals surface area contributed by atoms with Gasteiger partial charge in [-0.1, -0.05) is 0 Å². The molecule has 1 aromatic heterocycles. The second-order valence-electron chi connectivity index (χ2n) is 3.87. The van der Waals surface area contributed by atoms with Crippen LogP contribution in [-0.2, 0) is 9.53 Å². The van der Waals surface area contributed by atoms with E-state index in [1.165, 1.54) is 19.4 Å². The fraction of sp³-hybridized carbons (Fsp3) is 0.364. The van der Waals surface area contributed by atoms with Crippen molar-refractivity contribution in [3.63, 3.8) is 0 Å². The van der Waals surface area contributed by atoms with Crippen LogP contribution < -0.4 is 11.5 Å². The van der Waals surface area contributed by atoms with Crippen LogP contribution in [0.1, 0.15) is 28.4 Å². The zero-order chi connectivity index (χ0) is 14.6. The number of hydrogen-bond acceptors (Lipinski definition) is 7. The highest BCUT2D eigenvalue weighted by molar-refractivity contribution is 5.89. The monoisotopic (exact) mass is 269 g/mol. The molecule has 6 N–H and O–H groups in total. The minimum Gasteiger partial charge on any atom is -0.465 e. The molecule has 8 heteroatoms. The number of rotatable bonds is 5.